The fourth-order valence-corrected chi connectivity index (χ4v) is 1.89. The van der Waals surface area contributed by atoms with Crippen LogP contribution < -0.4 is 5.32 Å². The van der Waals surface area contributed by atoms with Crippen molar-refractivity contribution >= 4 is 0 Å². The Morgan fingerprint density at radius 3 is 2.89 bits per heavy atom. The SMILES string of the molecule is FC(F)c1c(CNC2CC2)cnn1-c1cccnn1. The van der Waals surface area contributed by atoms with E-state index in [-0.39, 0.29) is 5.69 Å². The molecule has 0 spiro atoms. The Kier molecular flexibility index (Phi) is 3.20. The summed E-state index contributed by atoms with van der Waals surface area (Å²) in [6.07, 6.45) is 2.58. The number of nitrogens with zero attached hydrogens (tertiary/aromatic N) is 4. The summed E-state index contributed by atoms with van der Waals surface area (Å²) >= 11 is 0. The van der Waals surface area contributed by atoms with E-state index in [1.54, 1.807) is 12.1 Å². The van der Waals surface area contributed by atoms with Crippen molar-refractivity contribution in [1.82, 2.24) is 25.3 Å². The lowest BCUT2D eigenvalue weighted by Crippen LogP contribution is -2.16. The molecule has 1 N–H and O–H groups in total. The zero-order chi connectivity index (χ0) is 13.2. The van der Waals surface area contributed by atoms with E-state index in [1.807, 2.05) is 0 Å². The summed E-state index contributed by atoms with van der Waals surface area (Å²) < 4.78 is 27.6. The summed E-state index contributed by atoms with van der Waals surface area (Å²) in [5, 5.41) is 14.7. The molecule has 1 saturated carbocycles. The summed E-state index contributed by atoms with van der Waals surface area (Å²) in [4.78, 5) is 0. The summed E-state index contributed by atoms with van der Waals surface area (Å²) in [5.41, 5.74) is 0.390. The summed E-state index contributed by atoms with van der Waals surface area (Å²) in [6, 6.07) is 3.70. The number of alkyl halides is 2. The van der Waals surface area contributed by atoms with Crippen LogP contribution in [0.25, 0.3) is 5.82 Å². The highest BCUT2D eigenvalue weighted by Crippen LogP contribution is 2.26. The van der Waals surface area contributed by atoms with Crippen molar-refractivity contribution < 1.29 is 8.78 Å². The topological polar surface area (TPSA) is 55.6 Å². The van der Waals surface area contributed by atoms with Gasteiger partial charge in [0.2, 0.25) is 0 Å². The lowest BCUT2D eigenvalue weighted by Gasteiger charge is -2.08. The molecule has 1 aliphatic carbocycles. The molecule has 0 saturated heterocycles. The van der Waals surface area contributed by atoms with Gasteiger partial charge in [0.1, 0.15) is 5.69 Å². The molecule has 0 aliphatic heterocycles. The van der Waals surface area contributed by atoms with Gasteiger partial charge in [-0.2, -0.15) is 10.2 Å². The van der Waals surface area contributed by atoms with Gasteiger partial charge in [-0.3, -0.25) is 0 Å². The molecule has 1 fully saturated rings. The molecule has 5 nitrogen and oxygen atoms in total. The Labute approximate surface area is 108 Å². The van der Waals surface area contributed by atoms with Crippen LogP contribution in [0.2, 0.25) is 0 Å². The highest BCUT2D eigenvalue weighted by atomic mass is 19.3. The molecule has 19 heavy (non-hydrogen) atoms. The predicted octanol–water partition coefficient (Wildman–Crippen LogP) is 1.85. The first-order valence-corrected chi connectivity index (χ1v) is 6.12. The molecule has 0 bridgehead atoms. The van der Waals surface area contributed by atoms with Crippen molar-refractivity contribution in [1.29, 1.82) is 0 Å². The number of hydrogen-bond donors (Lipinski definition) is 1. The van der Waals surface area contributed by atoms with Gasteiger partial charge < -0.3 is 5.32 Å². The minimum Gasteiger partial charge on any atom is -0.310 e. The van der Waals surface area contributed by atoms with Crippen LogP contribution in [0.1, 0.15) is 30.5 Å². The normalized spacial score (nSPS) is 15.1. The maximum absolute atomic E-state index is 13.2. The Morgan fingerprint density at radius 2 is 2.26 bits per heavy atom. The molecule has 0 amide bonds. The molecule has 1 aliphatic rings. The van der Waals surface area contributed by atoms with Crippen LogP contribution in [0.4, 0.5) is 8.78 Å². The molecule has 2 heterocycles. The summed E-state index contributed by atoms with van der Waals surface area (Å²) in [6.45, 7) is 0.407. The molecule has 0 aromatic carbocycles. The van der Waals surface area contributed by atoms with Crippen LogP contribution in [0.15, 0.2) is 24.5 Å². The Hall–Kier alpha value is -1.89. The van der Waals surface area contributed by atoms with E-state index in [0.717, 1.165) is 17.5 Å². The molecule has 2 aromatic heterocycles. The van der Waals surface area contributed by atoms with Gasteiger partial charge in [-0.05, 0) is 25.0 Å². The smallest absolute Gasteiger partial charge is 0.280 e. The van der Waals surface area contributed by atoms with Crippen molar-refractivity contribution in [3.8, 4) is 5.82 Å². The van der Waals surface area contributed by atoms with Gasteiger partial charge in [0.15, 0.2) is 5.82 Å². The van der Waals surface area contributed by atoms with Crippen LogP contribution >= 0.6 is 0 Å². The third-order valence-electron chi connectivity index (χ3n) is 3.03. The standard InChI is InChI=1S/C12H13F2N5/c13-12(14)11-8(6-15-9-3-4-9)7-17-19(11)10-2-1-5-16-18-10/h1-2,5,7,9,12,15H,3-4,6H2. The van der Waals surface area contributed by atoms with Crippen LogP contribution in [0.3, 0.4) is 0 Å². The van der Waals surface area contributed by atoms with E-state index in [4.69, 9.17) is 0 Å². The predicted molar refractivity (Wildman–Crippen MR) is 64.0 cm³/mol. The average Bonchev–Trinajstić information content (AvgIpc) is 3.15. The largest absolute Gasteiger partial charge is 0.310 e. The lowest BCUT2D eigenvalue weighted by atomic mass is 10.2. The Balaban J connectivity index is 1.91. The van der Waals surface area contributed by atoms with Crippen LogP contribution in [0.5, 0.6) is 0 Å². The zero-order valence-electron chi connectivity index (χ0n) is 10.1. The van der Waals surface area contributed by atoms with Gasteiger partial charge in [-0.25, -0.2) is 13.5 Å². The van der Waals surface area contributed by atoms with Gasteiger partial charge in [0.25, 0.3) is 6.43 Å². The van der Waals surface area contributed by atoms with E-state index in [0.29, 0.717) is 24.0 Å². The average molecular weight is 265 g/mol. The maximum atomic E-state index is 13.2. The van der Waals surface area contributed by atoms with Crippen molar-refractivity contribution in [3.63, 3.8) is 0 Å². The molecule has 0 atom stereocenters. The second kappa shape index (κ2) is 5.00. The fourth-order valence-electron chi connectivity index (χ4n) is 1.89. The second-order valence-electron chi connectivity index (χ2n) is 4.50. The molecule has 100 valence electrons. The minimum absolute atomic E-state index is 0.117. The molecule has 2 aromatic rings. The number of halogens is 2. The summed E-state index contributed by atoms with van der Waals surface area (Å²) in [5.74, 6) is 0.301. The van der Waals surface area contributed by atoms with E-state index >= 15 is 0 Å². The number of hydrogen-bond acceptors (Lipinski definition) is 4. The monoisotopic (exact) mass is 265 g/mol. The highest BCUT2D eigenvalue weighted by molar-refractivity contribution is 5.28. The van der Waals surface area contributed by atoms with Gasteiger partial charge in [0, 0.05) is 24.3 Å². The number of rotatable bonds is 5. The number of aromatic nitrogens is 4. The molecule has 0 unspecified atom stereocenters. The van der Waals surface area contributed by atoms with Crippen molar-refractivity contribution in [3.05, 3.63) is 35.8 Å². The van der Waals surface area contributed by atoms with Crippen LogP contribution in [-0.2, 0) is 6.54 Å². The van der Waals surface area contributed by atoms with E-state index < -0.39 is 6.43 Å². The molecular weight excluding hydrogens is 252 g/mol. The Bertz CT molecular complexity index is 551. The minimum atomic E-state index is -2.60. The van der Waals surface area contributed by atoms with Gasteiger partial charge >= 0.3 is 0 Å². The molecule has 3 rings (SSSR count). The second-order valence-corrected chi connectivity index (χ2v) is 4.50. The Morgan fingerprint density at radius 1 is 1.42 bits per heavy atom. The molecular formula is C12H13F2N5. The van der Waals surface area contributed by atoms with Gasteiger partial charge in [0.05, 0.1) is 6.20 Å². The quantitative estimate of drug-likeness (QED) is 0.896. The zero-order valence-corrected chi connectivity index (χ0v) is 10.1. The lowest BCUT2D eigenvalue weighted by molar-refractivity contribution is 0.141. The first kappa shape index (κ1) is 12.2. The van der Waals surface area contributed by atoms with E-state index in [2.05, 4.69) is 20.6 Å². The molecule has 0 radical (unpaired) electrons. The van der Waals surface area contributed by atoms with Gasteiger partial charge in [-0.1, -0.05) is 0 Å². The first-order chi connectivity index (χ1) is 9.25. The van der Waals surface area contributed by atoms with Crippen LogP contribution in [0, 0.1) is 0 Å². The van der Waals surface area contributed by atoms with Crippen molar-refractivity contribution in [2.45, 2.75) is 31.9 Å². The van der Waals surface area contributed by atoms with E-state index in [1.165, 1.54) is 12.4 Å². The highest BCUT2D eigenvalue weighted by Gasteiger charge is 2.24. The molecule has 7 heteroatoms. The van der Waals surface area contributed by atoms with Crippen LogP contribution in [-0.4, -0.2) is 26.0 Å². The first-order valence-electron chi connectivity index (χ1n) is 6.12. The maximum Gasteiger partial charge on any atom is 0.280 e. The third-order valence-corrected chi connectivity index (χ3v) is 3.03. The van der Waals surface area contributed by atoms with E-state index in [9.17, 15) is 8.78 Å². The third kappa shape index (κ3) is 2.60. The number of nitrogens with one attached hydrogen (secondary N) is 1. The fraction of sp³-hybridized carbons (Fsp3) is 0.417. The van der Waals surface area contributed by atoms with Crippen molar-refractivity contribution in [2.75, 3.05) is 0 Å². The summed E-state index contributed by atoms with van der Waals surface area (Å²) in [7, 11) is 0. The van der Waals surface area contributed by atoms with Gasteiger partial charge in [-0.15, -0.1) is 5.10 Å². The van der Waals surface area contributed by atoms with Crippen molar-refractivity contribution in [2.24, 2.45) is 0 Å².